The van der Waals surface area contributed by atoms with E-state index in [0.29, 0.717) is 11.3 Å². The molecule has 0 radical (unpaired) electrons. The van der Waals surface area contributed by atoms with Crippen molar-refractivity contribution in [2.45, 2.75) is 13.3 Å². The SMILES string of the molecule is COc1ccccc1CCNc1ccc(N)c(C(C)=O)c1. The normalized spacial score (nSPS) is 10.2. The van der Waals surface area contributed by atoms with Crippen LogP contribution in [0.1, 0.15) is 22.8 Å². The van der Waals surface area contributed by atoms with E-state index in [9.17, 15) is 4.79 Å². The quantitative estimate of drug-likeness (QED) is 0.632. The van der Waals surface area contributed by atoms with Gasteiger partial charge in [-0.3, -0.25) is 4.79 Å². The number of hydrogen-bond donors (Lipinski definition) is 2. The van der Waals surface area contributed by atoms with Crippen molar-refractivity contribution >= 4 is 17.2 Å². The number of Topliss-reactive ketones (excluding diaryl/α,β-unsaturated/α-hetero) is 1. The summed E-state index contributed by atoms with van der Waals surface area (Å²) >= 11 is 0. The van der Waals surface area contributed by atoms with Gasteiger partial charge >= 0.3 is 0 Å². The van der Waals surface area contributed by atoms with Crippen molar-refractivity contribution < 1.29 is 9.53 Å². The highest BCUT2D eigenvalue weighted by molar-refractivity contribution is 6.00. The molecule has 0 aliphatic heterocycles. The molecule has 0 saturated carbocycles. The maximum absolute atomic E-state index is 11.5. The van der Waals surface area contributed by atoms with Crippen LogP contribution in [0.25, 0.3) is 0 Å². The van der Waals surface area contributed by atoms with Gasteiger partial charge in [0, 0.05) is 23.5 Å². The summed E-state index contributed by atoms with van der Waals surface area (Å²) in [6.07, 6.45) is 0.837. The first-order valence-electron chi connectivity index (χ1n) is 6.88. The van der Waals surface area contributed by atoms with Crippen molar-refractivity contribution in [2.24, 2.45) is 0 Å². The number of nitrogens with one attached hydrogen (secondary N) is 1. The number of carbonyl (C=O) groups is 1. The van der Waals surface area contributed by atoms with E-state index < -0.39 is 0 Å². The predicted octanol–water partition coefficient (Wildman–Crippen LogP) is 3.13. The first-order chi connectivity index (χ1) is 10.1. The Morgan fingerprint density at radius 2 is 2.00 bits per heavy atom. The van der Waals surface area contributed by atoms with Gasteiger partial charge in [-0.2, -0.15) is 0 Å². The zero-order chi connectivity index (χ0) is 15.2. The summed E-state index contributed by atoms with van der Waals surface area (Å²) in [5.74, 6) is 0.863. The van der Waals surface area contributed by atoms with E-state index in [0.717, 1.165) is 30.0 Å². The van der Waals surface area contributed by atoms with E-state index in [1.54, 1.807) is 19.2 Å². The summed E-state index contributed by atoms with van der Waals surface area (Å²) in [6, 6.07) is 13.4. The lowest BCUT2D eigenvalue weighted by atomic mass is 10.1. The van der Waals surface area contributed by atoms with E-state index in [4.69, 9.17) is 10.5 Å². The maximum Gasteiger partial charge on any atom is 0.161 e. The Hall–Kier alpha value is -2.49. The molecule has 2 aromatic carbocycles. The number of methoxy groups -OCH3 is 1. The summed E-state index contributed by atoms with van der Waals surface area (Å²) in [4.78, 5) is 11.5. The first-order valence-corrected chi connectivity index (χ1v) is 6.88. The third-order valence-corrected chi connectivity index (χ3v) is 3.35. The van der Waals surface area contributed by atoms with Crippen LogP contribution in [0.3, 0.4) is 0 Å². The van der Waals surface area contributed by atoms with Crippen molar-refractivity contribution in [2.75, 3.05) is 24.7 Å². The Balaban J connectivity index is 2.00. The third-order valence-electron chi connectivity index (χ3n) is 3.35. The van der Waals surface area contributed by atoms with Crippen LogP contribution in [0.2, 0.25) is 0 Å². The number of rotatable bonds is 6. The largest absolute Gasteiger partial charge is 0.496 e. The van der Waals surface area contributed by atoms with Crippen LogP contribution in [0.5, 0.6) is 5.75 Å². The van der Waals surface area contributed by atoms with Crippen LogP contribution in [0, 0.1) is 0 Å². The van der Waals surface area contributed by atoms with E-state index in [-0.39, 0.29) is 5.78 Å². The number of carbonyl (C=O) groups excluding carboxylic acids is 1. The zero-order valence-corrected chi connectivity index (χ0v) is 12.3. The summed E-state index contributed by atoms with van der Waals surface area (Å²) in [6.45, 7) is 2.27. The van der Waals surface area contributed by atoms with E-state index in [1.165, 1.54) is 6.92 Å². The molecule has 3 N–H and O–H groups in total. The average Bonchev–Trinajstić information content (AvgIpc) is 2.49. The molecule has 110 valence electrons. The van der Waals surface area contributed by atoms with E-state index in [2.05, 4.69) is 5.32 Å². The lowest BCUT2D eigenvalue weighted by Crippen LogP contribution is -2.07. The second-order valence-electron chi connectivity index (χ2n) is 4.85. The van der Waals surface area contributed by atoms with Gasteiger partial charge in [0.2, 0.25) is 0 Å². The van der Waals surface area contributed by atoms with Gasteiger partial charge in [-0.1, -0.05) is 18.2 Å². The molecular formula is C17H20N2O2. The summed E-state index contributed by atoms with van der Waals surface area (Å²) < 4.78 is 5.33. The molecule has 0 aliphatic carbocycles. The fourth-order valence-corrected chi connectivity index (χ4v) is 2.22. The molecule has 0 amide bonds. The number of ketones is 1. The Morgan fingerprint density at radius 1 is 1.24 bits per heavy atom. The number of para-hydroxylation sites is 1. The lowest BCUT2D eigenvalue weighted by molar-refractivity contribution is 0.101. The molecule has 21 heavy (non-hydrogen) atoms. The van der Waals surface area contributed by atoms with Crippen molar-refractivity contribution in [1.29, 1.82) is 0 Å². The molecule has 0 heterocycles. The molecule has 0 saturated heterocycles. The topological polar surface area (TPSA) is 64.3 Å². The second kappa shape index (κ2) is 6.79. The third kappa shape index (κ3) is 3.75. The van der Waals surface area contributed by atoms with Crippen molar-refractivity contribution in [3.05, 3.63) is 53.6 Å². The molecule has 2 aromatic rings. The standard InChI is InChI=1S/C17H20N2O2/c1-12(20)15-11-14(7-8-16(15)18)19-10-9-13-5-3-4-6-17(13)21-2/h3-8,11,19H,9-10,18H2,1-2H3. The average molecular weight is 284 g/mol. The van der Waals surface area contributed by atoms with Crippen molar-refractivity contribution in [1.82, 2.24) is 0 Å². The van der Waals surface area contributed by atoms with Crippen molar-refractivity contribution in [3.8, 4) is 5.75 Å². The van der Waals surface area contributed by atoms with Gasteiger partial charge in [0.25, 0.3) is 0 Å². The molecule has 2 rings (SSSR count). The number of benzene rings is 2. The molecular weight excluding hydrogens is 264 g/mol. The number of ether oxygens (including phenoxy) is 1. The zero-order valence-electron chi connectivity index (χ0n) is 12.3. The first kappa shape index (κ1) is 14.9. The Bertz CT molecular complexity index is 638. The minimum Gasteiger partial charge on any atom is -0.496 e. The molecule has 0 unspecified atom stereocenters. The van der Waals surface area contributed by atoms with Gasteiger partial charge in [0.05, 0.1) is 7.11 Å². The van der Waals surface area contributed by atoms with Gasteiger partial charge in [0.1, 0.15) is 5.75 Å². The van der Waals surface area contributed by atoms with Crippen molar-refractivity contribution in [3.63, 3.8) is 0 Å². The molecule has 0 fully saturated rings. The van der Waals surface area contributed by atoms with Gasteiger partial charge in [-0.25, -0.2) is 0 Å². The summed E-state index contributed by atoms with van der Waals surface area (Å²) in [5.41, 5.74) is 8.89. The number of hydrogen-bond acceptors (Lipinski definition) is 4. The maximum atomic E-state index is 11.5. The molecule has 4 nitrogen and oxygen atoms in total. The summed E-state index contributed by atoms with van der Waals surface area (Å²) in [5, 5.41) is 3.30. The lowest BCUT2D eigenvalue weighted by Gasteiger charge is -2.11. The van der Waals surface area contributed by atoms with Crippen LogP contribution in [0.15, 0.2) is 42.5 Å². The molecule has 0 bridgehead atoms. The molecule has 4 heteroatoms. The Kier molecular flexibility index (Phi) is 4.82. The smallest absolute Gasteiger partial charge is 0.161 e. The number of nitrogen functional groups attached to an aromatic ring is 1. The van der Waals surface area contributed by atoms with Crippen LogP contribution in [0.4, 0.5) is 11.4 Å². The molecule has 0 aromatic heterocycles. The molecule has 0 aliphatic rings. The monoisotopic (exact) mass is 284 g/mol. The molecule has 0 atom stereocenters. The van der Waals surface area contributed by atoms with Crippen LogP contribution < -0.4 is 15.8 Å². The van der Waals surface area contributed by atoms with Crippen LogP contribution >= 0.6 is 0 Å². The van der Waals surface area contributed by atoms with Crippen LogP contribution in [-0.4, -0.2) is 19.4 Å². The highest BCUT2D eigenvalue weighted by atomic mass is 16.5. The molecule has 0 spiro atoms. The second-order valence-corrected chi connectivity index (χ2v) is 4.85. The number of nitrogens with two attached hydrogens (primary N) is 1. The van der Waals surface area contributed by atoms with Gasteiger partial charge in [-0.05, 0) is 43.2 Å². The van der Waals surface area contributed by atoms with E-state index in [1.807, 2.05) is 30.3 Å². The highest BCUT2D eigenvalue weighted by Gasteiger charge is 2.06. The number of anilines is 2. The Morgan fingerprint density at radius 3 is 2.71 bits per heavy atom. The van der Waals surface area contributed by atoms with Crippen LogP contribution in [-0.2, 0) is 6.42 Å². The fourth-order valence-electron chi connectivity index (χ4n) is 2.22. The Labute approximate surface area is 124 Å². The minimum atomic E-state index is -0.0270. The van der Waals surface area contributed by atoms with E-state index >= 15 is 0 Å². The van der Waals surface area contributed by atoms with Gasteiger partial charge < -0.3 is 15.8 Å². The highest BCUT2D eigenvalue weighted by Crippen LogP contribution is 2.20. The van der Waals surface area contributed by atoms with Gasteiger partial charge in [0.15, 0.2) is 5.78 Å². The van der Waals surface area contributed by atoms with Gasteiger partial charge in [-0.15, -0.1) is 0 Å². The predicted molar refractivity (Wildman–Crippen MR) is 86.0 cm³/mol. The fraction of sp³-hybridized carbons (Fsp3) is 0.235. The summed E-state index contributed by atoms with van der Waals surface area (Å²) in [7, 11) is 1.67. The minimum absolute atomic E-state index is 0.0270.